The molecule has 0 aliphatic heterocycles. The van der Waals surface area contributed by atoms with Crippen molar-refractivity contribution in [2.24, 2.45) is 0 Å². The van der Waals surface area contributed by atoms with Crippen LogP contribution >= 0.6 is 0 Å². The Balaban J connectivity index is 1.87. The van der Waals surface area contributed by atoms with Gasteiger partial charge in [-0.3, -0.25) is 4.68 Å². The van der Waals surface area contributed by atoms with Gasteiger partial charge in [-0.05, 0) is 40.9 Å². The van der Waals surface area contributed by atoms with E-state index in [0.717, 1.165) is 17.3 Å². The van der Waals surface area contributed by atoms with Gasteiger partial charge in [-0.1, -0.05) is 24.3 Å². The molecule has 1 aromatic heterocycles. The largest absolute Gasteiger partial charge is 0.257 e. The maximum Gasteiger partial charge on any atom is 0.137 e. The van der Waals surface area contributed by atoms with E-state index in [4.69, 9.17) is 0 Å². The molecule has 3 rings (SSSR count). The molecule has 0 aliphatic carbocycles. The highest BCUT2D eigenvalue weighted by Gasteiger charge is 2.15. The smallest absolute Gasteiger partial charge is 0.137 e. The number of halogens is 2. The number of nitrogens with zero attached hydrogens (tertiary/aromatic N) is 3. The molecular formula is C16H15F2N3Si. The first-order valence-corrected chi connectivity index (χ1v) is 8.87. The van der Waals surface area contributed by atoms with E-state index in [-0.39, 0.29) is 17.2 Å². The quantitative estimate of drug-likeness (QED) is 0.677. The summed E-state index contributed by atoms with van der Waals surface area (Å²) < 4.78 is 28.1. The zero-order valence-corrected chi connectivity index (χ0v) is 13.3. The summed E-state index contributed by atoms with van der Waals surface area (Å²) in [5.41, 5.74) is 2.30. The molecule has 2 aromatic carbocycles. The van der Waals surface area contributed by atoms with E-state index < -0.39 is 9.52 Å². The van der Waals surface area contributed by atoms with Crippen LogP contribution in [0.25, 0.3) is 0 Å². The van der Waals surface area contributed by atoms with Crippen molar-refractivity contribution in [3.8, 4) is 0 Å². The van der Waals surface area contributed by atoms with Crippen molar-refractivity contribution in [1.82, 2.24) is 14.8 Å². The van der Waals surface area contributed by atoms with E-state index in [9.17, 15) is 8.78 Å². The van der Waals surface area contributed by atoms with Crippen LogP contribution in [0.4, 0.5) is 8.78 Å². The lowest BCUT2D eigenvalue weighted by Gasteiger charge is -2.17. The molecule has 0 bridgehead atoms. The third-order valence-corrected chi connectivity index (χ3v) is 5.89. The van der Waals surface area contributed by atoms with Gasteiger partial charge in [0.15, 0.2) is 0 Å². The van der Waals surface area contributed by atoms with Gasteiger partial charge < -0.3 is 0 Å². The molecule has 112 valence electrons. The van der Waals surface area contributed by atoms with Gasteiger partial charge in [0, 0.05) is 6.17 Å². The van der Waals surface area contributed by atoms with E-state index in [1.807, 2.05) is 4.68 Å². The van der Waals surface area contributed by atoms with Crippen LogP contribution in [0, 0.1) is 11.6 Å². The molecule has 0 spiro atoms. The number of benzene rings is 2. The molecular weight excluding hydrogens is 300 g/mol. The van der Waals surface area contributed by atoms with Gasteiger partial charge in [0.25, 0.3) is 0 Å². The first-order chi connectivity index (χ1) is 10.7. The maximum absolute atomic E-state index is 13.2. The molecule has 0 aliphatic rings. The van der Waals surface area contributed by atoms with Crippen molar-refractivity contribution in [3.63, 3.8) is 0 Å². The normalized spacial score (nSPS) is 11.6. The fraction of sp³-hybridized carbons (Fsp3) is 0.125. The van der Waals surface area contributed by atoms with Gasteiger partial charge >= 0.3 is 0 Å². The van der Waals surface area contributed by atoms with Gasteiger partial charge in [-0.25, -0.2) is 13.8 Å². The Morgan fingerprint density at radius 3 is 1.91 bits per heavy atom. The van der Waals surface area contributed by atoms with E-state index >= 15 is 0 Å². The van der Waals surface area contributed by atoms with E-state index in [1.165, 1.54) is 30.6 Å². The Labute approximate surface area is 129 Å². The fourth-order valence-electron chi connectivity index (χ4n) is 2.53. The van der Waals surface area contributed by atoms with Gasteiger partial charge in [-0.2, -0.15) is 5.10 Å². The molecule has 0 N–H and O–H groups in total. The summed E-state index contributed by atoms with van der Waals surface area (Å²) in [6.07, 6.45) is 4.03. The van der Waals surface area contributed by atoms with Crippen LogP contribution in [0.3, 0.4) is 0 Å². The third kappa shape index (κ3) is 3.45. The van der Waals surface area contributed by atoms with Gasteiger partial charge in [-0.15, -0.1) is 0 Å². The zero-order valence-electron chi connectivity index (χ0n) is 11.9. The minimum Gasteiger partial charge on any atom is -0.257 e. The van der Waals surface area contributed by atoms with E-state index in [0.29, 0.717) is 0 Å². The van der Waals surface area contributed by atoms with Gasteiger partial charge in [0.1, 0.15) is 24.3 Å². The minimum absolute atomic E-state index is 0.186. The summed E-state index contributed by atoms with van der Waals surface area (Å²) in [7, 11) is -0.649. The summed E-state index contributed by atoms with van der Waals surface area (Å²) in [6, 6.07) is 13.1. The van der Waals surface area contributed by atoms with Crippen LogP contribution in [-0.2, 0) is 6.17 Å². The molecule has 0 saturated carbocycles. The minimum atomic E-state index is -0.649. The highest BCUT2D eigenvalue weighted by molar-refractivity contribution is 6.37. The molecule has 0 unspecified atom stereocenters. The summed E-state index contributed by atoms with van der Waals surface area (Å²) >= 11 is 0. The lowest BCUT2D eigenvalue weighted by Crippen LogP contribution is -2.17. The molecule has 0 saturated heterocycles. The predicted octanol–water partition coefficient (Wildman–Crippen LogP) is 2.47. The highest BCUT2D eigenvalue weighted by atomic mass is 28.2. The Hall–Kier alpha value is -2.34. The van der Waals surface area contributed by atoms with Crippen LogP contribution in [0.2, 0.25) is 0 Å². The zero-order chi connectivity index (χ0) is 15.4. The Bertz CT molecular complexity index is 667. The molecule has 22 heavy (non-hydrogen) atoms. The summed E-state index contributed by atoms with van der Waals surface area (Å²) in [5, 5.41) is 4.12. The monoisotopic (exact) mass is 315 g/mol. The third-order valence-electron chi connectivity index (χ3n) is 3.66. The van der Waals surface area contributed by atoms with Crippen molar-refractivity contribution < 1.29 is 8.78 Å². The first kappa shape index (κ1) is 14.6. The number of rotatable bonds is 5. The number of aromatic nitrogens is 3. The van der Waals surface area contributed by atoms with Gasteiger partial charge in [0.2, 0.25) is 0 Å². The second-order valence-corrected chi connectivity index (χ2v) is 6.94. The van der Waals surface area contributed by atoms with Crippen LogP contribution in [-0.4, -0.2) is 24.3 Å². The number of hydrogen-bond acceptors (Lipinski definition) is 2. The SMILES string of the molecule is Fc1ccc(C([SiH2]Cn2cncn2)c2ccc(F)cc2)cc1. The molecule has 3 nitrogen and oxygen atoms in total. The second kappa shape index (κ2) is 6.61. The second-order valence-electron chi connectivity index (χ2n) is 5.10. The van der Waals surface area contributed by atoms with Crippen LogP contribution in [0.1, 0.15) is 16.7 Å². The molecule has 0 amide bonds. The molecule has 6 heteroatoms. The first-order valence-electron chi connectivity index (χ1n) is 7.06. The van der Waals surface area contributed by atoms with Crippen molar-refractivity contribution in [1.29, 1.82) is 0 Å². The highest BCUT2D eigenvalue weighted by Crippen LogP contribution is 2.24. The average molecular weight is 315 g/mol. The van der Waals surface area contributed by atoms with Crippen molar-refractivity contribution >= 4 is 9.52 Å². The van der Waals surface area contributed by atoms with Crippen molar-refractivity contribution in [2.45, 2.75) is 11.7 Å². The van der Waals surface area contributed by atoms with E-state index in [2.05, 4.69) is 10.1 Å². The Kier molecular flexibility index (Phi) is 4.39. The van der Waals surface area contributed by atoms with Crippen molar-refractivity contribution in [2.75, 3.05) is 0 Å². The van der Waals surface area contributed by atoms with Crippen LogP contribution in [0.5, 0.6) is 0 Å². The predicted molar refractivity (Wildman–Crippen MR) is 83.2 cm³/mol. The summed E-state index contributed by atoms with van der Waals surface area (Å²) in [5.74, 6) is -0.501. The topological polar surface area (TPSA) is 30.7 Å². The molecule has 3 aromatic rings. The standard InChI is InChI=1S/C16H15F2N3Si/c17-14-5-1-12(2-6-14)16(13-3-7-15(18)8-4-13)22-11-21-10-19-9-20-21/h1-10,16H,11,22H2. The summed E-state index contributed by atoms with van der Waals surface area (Å²) in [4.78, 5) is 3.94. The lowest BCUT2D eigenvalue weighted by molar-refractivity contribution is 0.626. The molecule has 0 fully saturated rings. The lowest BCUT2D eigenvalue weighted by atomic mass is 10.0. The summed E-state index contributed by atoms with van der Waals surface area (Å²) in [6.45, 7) is 0. The average Bonchev–Trinajstić information content (AvgIpc) is 3.04. The van der Waals surface area contributed by atoms with E-state index in [1.54, 1.807) is 30.6 Å². The Morgan fingerprint density at radius 1 is 0.909 bits per heavy atom. The van der Waals surface area contributed by atoms with Crippen LogP contribution in [0.15, 0.2) is 61.2 Å². The number of hydrogen-bond donors (Lipinski definition) is 0. The van der Waals surface area contributed by atoms with Gasteiger partial charge in [0.05, 0.1) is 9.52 Å². The molecule has 1 heterocycles. The Morgan fingerprint density at radius 2 is 1.45 bits per heavy atom. The van der Waals surface area contributed by atoms with Crippen LogP contribution < -0.4 is 0 Å². The van der Waals surface area contributed by atoms with Crippen molar-refractivity contribution in [3.05, 3.63) is 83.9 Å². The molecule has 0 atom stereocenters. The fourth-order valence-corrected chi connectivity index (χ4v) is 4.49. The maximum atomic E-state index is 13.2. The molecule has 0 radical (unpaired) electrons.